The van der Waals surface area contributed by atoms with Crippen molar-refractivity contribution in [1.82, 2.24) is 16.0 Å². The lowest BCUT2D eigenvalue weighted by atomic mass is 9.97. The predicted octanol–water partition coefficient (Wildman–Crippen LogP) is 2.88. The molecule has 0 heterocycles. The third-order valence-electron chi connectivity index (χ3n) is 7.42. The van der Waals surface area contributed by atoms with E-state index >= 15 is 0 Å². The van der Waals surface area contributed by atoms with E-state index in [0.717, 1.165) is 24.8 Å². The molecule has 0 bridgehead atoms. The number of nitrogens with one attached hydrogen (secondary N) is 3. The van der Waals surface area contributed by atoms with Crippen LogP contribution in [0.5, 0.6) is 5.75 Å². The molecule has 0 fully saturated rings. The molecule has 0 unspecified atom stereocenters. The van der Waals surface area contributed by atoms with Crippen LogP contribution in [0.15, 0.2) is 24.3 Å². The van der Waals surface area contributed by atoms with Crippen LogP contribution in [0.1, 0.15) is 98.0 Å². The number of rotatable bonds is 21. The summed E-state index contributed by atoms with van der Waals surface area (Å²) in [6.07, 6.45) is 6.13. The summed E-state index contributed by atoms with van der Waals surface area (Å²) in [6, 6.07) is 4.26. The van der Waals surface area contributed by atoms with Crippen LogP contribution in [0.25, 0.3) is 0 Å². The van der Waals surface area contributed by atoms with Crippen molar-refractivity contribution >= 4 is 29.6 Å². The van der Waals surface area contributed by atoms with E-state index in [-0.39, 0.29) is 36.0 Å². The van der Waals surface area contributed by atoms with Gasteiger partial charge in [0, 0.05) is 25.8 Å². The summed E-state index contributed by atoms with van der Waals surface area (Å²) in [5.41, 5.74) is 11.8. The zero-order chi connectivity index (χ0) is 32.4. The van der Waals surface area contributed by atoms with Gasteiger partial charge in [0.2, 0.25) is 23.6 Å². The van der Waals surface area contributed by atoms with E-state index < -0.39 is 30.0 Å². The van der Waals surface area contributed by atoms with Crippen molar-refractivity contribution in [1.29, 1.82) is 0 Å². The Morgan fingerprint density at radius 2 is 1.49 bits per heavy atom. The number of nitrogens with two attached hydrogens (primary N) is 2. The zero-order valence-electron chi connectivity index (χ0n) is 26.6. The van der Waals surface area contributed by atoms with Gasteiger partial charge in [-0.3, -0.25) is 19.2 Å². The average molecular weight is 604 g/mol. The lowest BCUT2D eigenvalue weighted by Gasteiger charge is -2.27. The Balaban J connectivity index is 2.98. The highest BCUT2D eigenvalue weighted by Crippen LogP contribution is 2.16. The number of primary amides is 1. The minimum absolute atomic E-state index is 0.0680. The van der Waals surface area contributed by atoms with Crippen LogP contribution in [-0.2, 0) is 30.4 Å². The van der Waals surface area contributed by atoms with E-state index in [9.17, 15) is 24.0 Å². The van der Waals surface area contributed by atoms with Gasteiger partial charge in [-0.15, -0.1) is 0 Å². The minimum Gasteiger partial charge on any atom is -0.425 e. The van der Waals surface area contributed by atoms with Gasteiger partial charge in [0.05, 0.1) is 0 Å². The molecular formula is C32H53N5O6. The summed E-state index contributed by atoms with van der Waals surface area (Å²) in [7, 11) is 0. The predicted molar refractivity (Wildman–Crippen MR) is 167 cm³/mol. The molecule has 7 N–H and O–H groups in total. The summed E-state index contributed by atoms with van der Waals surface area (Å²) in [5.74, 6) is -1.74. The molecule has 11 nitrogen and oxygen atoms in total. The number of hydrogen-bond donors (Lipinski definition) is 5. The lowest BCUT2D eigenvalue weighted by Crippen LogP contribution is -2.56. The summed E-state index contributed by atoms with van der Waals surface area (Å²) in [5, 5.41) is 8.61. The fourth-order valence-corrected chi connectivity index (χ4v) is 4.28. The molecule has 1 aromatic carbocycles. The molecule has 0 saturated carbocycles. The Morgan fingerprint density at radius 3 is 2.07 bits per heavy atom. The monoisotopic (exact) mass is 603 g/mol. The SMILES string of the molecule is CCCCCC(=O)N[C@@H](Cc1ccc(OC(=O)[C@@H](N)C(C)C)cc1)C(=O)N[C@H](C(=O)NCCCCCC(N)=O)[C@@H](C)CC. The molecule has 4 amide bonds. The molecule has 1 aromatic rings. The maximum Gasteiger partial charge on any atom is 0.328 e. The molecule has 0 aliphatic heterocycles. The molecule has 0 aliphatic carbocycles. The Hall–Kier alpha value is -3.47. The standard InChI is InChI=1S/C32H53N5O6/c1-6-8-10-14-27(39)36-25(20-23-15-17-24(18-16-23)43-32(42)28(34)21(3)4)30(40)37-29(22(5)7-2)31(41)35-19-12-9-11-13-26(33)38/h15-18,21-22,25,28-29H,6-14,19-20,34H2,1-5H3,(H2,33,38)(H,35,41)(H,36,39)(H,37,40)/t22-,25-,28-,29-/m0/s1. The second-order valence-electron chi connectivity index (χ2n) is 11.6. The number of carbonyl (C=O) groups excluding carboxylic acids is 5. The third-order valence-corrected chi connectivity index (χ3v) is 7.42. The Kier molecular flexibility index (Phi) is 17.9. The first-order chi connectivity index (χ1) is 20.4. The van der Waals surface area contributed by atoms with E-state index in [2.05, 4.69) is 16.0 Å². The van der Waals surface area contributed by atoms with Crippen molar-refractivity contribution in [2.45, 2.75) is 117 Å². The molecule has 0 aliphatic rings. The van der Waals surface area contributed by atoms with E-state index in [1.165, 1.54) is 0 Å². The Morgan fingerprint density at radius 1 is 0.837 bits per heavy atom. The topological polar surface area (TPSA) is 183 Å². The summed E-state index contributed by atoms with van der Waals surface area (Å²) >= 11 is 0. The van der Waals surface area contributed by atoms with Crippen molar-refractivity contribution in [3.05, 3.63) is 29.8 Å². The highest BCUT2D eigenvalue weighted by molar-refractivity contribution is 5.92. The quantitative estimate of drug-likeness (QED) is 0.0813. The van der Waals surface area contributed by atoms with Gasteiger partial charge in [0.25, 0.3) is 0 Å². The highest BCUT2D eigenvalue weighted by atomic mass is 16.5. The van der Waals surface area contributed by atoms with Crippen LogP contribution in [0.4, 0.5) is 0 Å². The molecule has 43 heavy (non-hydrogen) atoms. The van der Waals surface area contributed by atoms with Gasteiger partial charge in [-0.25, -0.2) is 4.79 Å². The Labute approximate surface area is 256 Å². The zero-order valence-corrected chi connectivity index (χ0v) is 26.6. The van der Waals surface area contributed by atoms with Crippen LogP contribution < -0.4 is 32.2 Å². The van der Waals surface area contributed by atoms with Gasteiger partial charge in [-0.05, 0) is 48.8 Å². The summed E-state index contributed by atoms with van der Waals surface area (Å²) in [4.78, 5) is 62.5. The number of carbonyl (C=O) groups is 5. The maximum absolute atomic E-state index is 13.5. The summed E-state index contributed by atoms with van der Waals surface area (Å²) < 4.78 is 5.37. The van der Waals surface area contributed by atoms with E-state index in [1.807, 2.05) is 34.6 Å². The highest BCUT2D eigenvalue weighted by Gasteiger charge is 2.30. The van der Waals surface area contributed by atoms with Crippen LogP contribution in [-0.4, -0.2) is 54.3 Å². The Bertz CT molecular complexity index is 1030. The third kappa shape index (κ3) is 15.0. The lowest BCUT2D eigenvalue weighted by molar-refractivity contribution is -0.137. The number of hydrogen-bond acceptors (Lipinski definition) is 7. The maximum atomic E-state index is 13.5. The summed E-state index contributed by atoms with van der Waals surface area (Å²) in [6.45, 7) is 9.96. The molecule has 0 saturated heterocycles. The number of ether oxygens (including phenoxy) is 1. The fraction of sp³-hybridized carbons (Fsp3) is 0.656. The second-order valence-corrected chi connectivity index (χ2v) is 11.6. The van der Waals surface area contributed by atoms with Gasteiger partial charge in [0.15, 0.2) is 0 Å². The van der Waals surface area contributed by atoms with Crippen LogP contribution in [0.3, 0.4) is 0 Å². The molecule has 0 aromatic heterocycles. The van der Waals surface area contributed by atoms with Crippen LogP contribution in [0.2, 0.25) is 0 Å². The van der Waals surface area contributed by atoms with E-state index in [4.69, 9.17) is 16.2 Å². The van der Waals surface area contributed by atoms with E-state index in [0.29, 0.717) is 50.8 Å². The number of amides is 4. The van der Waals surface area contributed by atoms with Crippen molar-refractivity contribution in [3.8, 4) is 5.75 Å². The first-order valence-electron chi connectivity index (χ1n) is 15.6. The number of benzene rings is 1. The normalized spacial score (nSPS) is 13.8. The smallest absolute Gasteiger partial charge is 0.328 e. The molecule has 0 spiro atoms. The number of unbranched alkanes of at least 4 members (excludes halogenated alkanes) is 4. The van der Waals surface area contributed by atoms with Gasteiger partial charge in [0.1, 0.15) is 23.9 Å². The van der Waals surface area contributed by atoms with Gasteiger partial charge < -0.3 is 32.2 Å². The van der Waals surface area contributed by atoms with E-state index in [1.54, 1.807) is 24.3 Å². The average Bonchev–Trinajstić information content (AvgIpc) is 2.97. The van der Waals surface area contributed by atoms with Crippen LogP contribution in [0, 0.1) is 11.8 Å². The number of esters is 1. The van der Waals surface area contributed by atoms with Crippen molar-refractivity contribution < 1.29 is 28.7 Å². The van der Waals surface area contributed by atoms with Gasteiger partial charge in [-0.2, -0.15) is 0 Å². The largest absolute Gasteiger partial charge is 0.425 e. The van der Waals surface area contributed by atoms with Crippen molar-refractivity contribution in [3.63, 3.8) is 0 Å². The van der Waals surface area contributed by atoms with Crippen LogP contribution >= 0.6 is 0 Å². The van der Waals surface area contributed by atoms with Gasteiger partial charge >= 0.3 is 5.97 Å². The van der Waals surface area contributed by atoms with Gasteiger partial charge in [-0.1, -0.05) is 72.4 Å². The molecule has 11 heteroatoms. The molecular weight excluding hydrogens is 550 g/mol. The van der Waals surface area contributed by atoms with Crippen molar-refractivity contribution in [2.75, 3.05) is 6.54 Å². The minimum atomic E-state index is -0.912. The van der Waals surface area contributed by atoms with Crippen molar-refractivity contribution in [2.24, 2.45) is 23.3 Å². The molecule has 0 radical (unpaired) electrons. The molecule has 4 atom stereocenters. The first-order valence-corrected chi connectivity index (χ1v) is 15.6. The first kappa shape index (κ1) is 37.6. The molecule has 1 rings (SSSR count). The molecule has 242 valence electrons. The second kappa shape index (κ2) is 20.4. The fourth-order valence-electron chi connectivity index (χ4n) is 4.28.